The van der Waals surface area contributed by atoms with E-state index in [-0.39, 0.29) is 5.91 Å². The third kappa shape index (κ3) is 3.09. The van der Waals surface area contributed by atoms with Gasteiger partial charge in [0.05, 0.1) is 13.2 Å². The molecule has 110 valence electrons. The number of benzene rings is 1. The van der Waals surface area contributed by atoms with Gasteiger partial charge in [0.15, 0.2) is 6.10 Å². The Morgan fingerprint density at radius 1 is 1.25 bits per heavy atom. The number of carbonyl (C=O) groups excluding carboxylic acids is 1. The number of aliphatic hydroxyl groups is 1. The van der Waals surface area contributed by atoms with E-state index in [0.717, 1.165) is 18.8 Å². The normalized spacial score (nSPS) is 16.9. The summed E-state index contributed by atoms with van der Waals surface area (Å²) in [7, 11) is 3.32. The maximum atomic E-state index is 11.4. The second kappa shape index (κ2) is 6.69. The van der Waals surface area contributed by atoms with Gasteiger partial charge in [-0.05, 0) is 12.1 Å². The number of carbonyl (C=O) groups is 1. The van der Waals surface area contributed by atoms with Crippen LogP contribution in [0.1, 0.15) is 11.7 Å². The maximum absolute atomic E-state index is 11.4. The fourth-order valence-electron chi connectivity index (χ4n) is 2.20. The number of nitrogens with zero attached hydrogens (tertiary/aromatic N) is 1. The minimum Gasteiger partial charge on any atom is -0.383 e. The van der Waals surface area contributed by atoms with Crippen LogP contribution in [0.4, 0.5) is 11.4 Å². The van der Waals surface area contributed by atoms with Gasteiger partial charge < -0.3 is 24.8 Å². The number of anilines is 2. The highest BCUT2D eigenvalue weighted by atomic mass is 16.5. The molecule has 0 bridgehead atoms. The van der Waals surface area contributed by atoms with Crippen molar-refractivity contribution in [2.75, 3.05) is 50.7 Å². The average Bonchev–Trinajstić information content (AvgIpc) is 2.74. The van der Waals surface area contributed by atoms with E-state index < -0.39 is 6.10 Å². The summed E-state index contributed by atoms with van der Waals surface area (Å²) in [6.07, 6.45) is -1.06. The summed E-state index contributed by atoms with van der Waals surface area (Å²) in [5.74, 6) is -0.377. The number of methoxy groups -OCH3 is 2. The molecule has 0 fully saturated rings. The largest absolute Gasteiger partial charge is 0.383 e. The SMILES string of the molecule is COCCN(CCOC)c1ccc2c(c1)NC(=O)C2O. The number of amides is 1. The molecule has 2 N–H and O–H groups in total. The lowest BCUT2D eigenvalue weighted by molar-refractivity contribution is -0.123. The highest BCUT2D eigenvalue weighted by Crippen LogP contribution is 2.33. The van der Waals surface area contributed by atoms with Crippen LogP contribution in [-0.4, -0.2) is 51.5 Å². The van der Waals surface area contributed by atoms with Crippen LogP contribution in [0.3, 0.4) is 0 Å². The Bertz CT molecular complexity index is 470. The first-order valence-electron chi connectivity index (χ1n) is 6.53. The zero-order valence-electron chi connectivity index (χ0n) is 11.8. The molecular weight excluding hydrogens is 260 g/mol. The fourth-order valence-corrected chi connectivity index (χ4v) is 2.20. The smallest absolute Gasteiger partial charge is 0.257 e. The van der Waals surface area contributed by atoms with E-state index in [4.69, 9.17) is 9.47 Å². The molecule has 0 spiro atoms. The molecule has 1 aromatic carbocycles. The molecule has 1 aliphatic rings. The van der Waals surface area contributed by atoms with Crippen LogP contribution in [0.5, 0.6) is 0 Å². The van der Waals surface area contributed by atoms with Crippen LogP contribution >= 0.6 is 0 Å². The zero-order chi connectivity index (χ0) is 14.5. The molecule has 1 aromatic rings. The van der Waals surface area contributed by atoms with Gasteiger partial charge in [-0.15, -0.1) is 0 Å². The van der Waals surface area contributed by atoms with Crippen molar-refractivity contribution in [3.8, 4) is 0 Å². The number of ether oxygens (including phenoxy) is 2. The van der Waals surface area contributed by atoms with E-state index in [1.54, 1.807) is 20.3 Å². The van der Waals surface area contributed by atoms with E-state index in [0.29, 0.717) is 24.5 Å². The molecule has 0 saturated carbocycles. The van der Waals surface area contributed by atoms with Crippen molar-refractivity contribution in [1.29, 1.82) is 0 Å². The Labute approximate surface area is 118 Å². The Kier molecular flexibility index (Phi) is 4.94. The Balaban J connectivity index is 2.17. The number of aliphatic hydroxyl groups excluding tert-OH is 1. The summed E-state index contributed by atoms with van der Waals surface area (Å²) in [4.78, 5) is 13.6. The van der Waals surface area contributed by atoms with Gasteiger partial charge in [0.1, 0.15) is 0 Å². The van der Waals surface area contributed by atoms with Crippen molar-refractivity contribution < 1.29 is 19.4 Å². The van der Waals surface area contributed by atoms with Crippen molar-refractivity contribution >= 4 is 17.3 Å². The fraction of sp³-hybridized carbons (Fsp3) is 0.500. The molecular formula is C14H20N2O4. The molecule has 6 heteroatoms. The molecule has 1 amide bonds. The second-order valence-corrected chi connectivity index (χ2v) is 4.64. The van der Waals surface area contributed by atoms with Crippen LogP contribution in [-0.2, 0) is 14.3 Å². The molecule has 6 nitrogen and oxygen atoms in total. The molecule has 2 rings (SSSR count). The third-order valence-electron chi connectivity index (χ3n) is 3.33. The molecule has 1 aliphatic heterocycles. The molecule has 1 unspecified atom stereocenters. The summed E-state index contributed by atoms with van der Waals surface area (Å²) in [6.45, 7) is 2.68. The zero-order valence-corrected chi connectivity index (χ0v) is 11.8. The standard InChI is InChI=1S/C14H20N2O4/c1-19-7-5-16(6-8-20-2)10-3-4-11-12(9-10)15-14(18)13(11)17/h3-4,9,13,17H,5-8H2,1-2H3,(H,15,18). The summed E-state index contributed by atoms with van der Waals surface area (Å²) in [5, 5.41) is 12.4. The third-order valence-corrected chi connectivity index (χ3v) is 3.33. The number of rotatable bonds is 7. The van der Waals surface area contributed by atoms with Crippen LogP contribution in [0.2, 0.25) is 0 Å². The molecule has 0 radical (unpaired) electrons. The highest BCUT2D eigenvalue weighted by Gasteiger charge is 2.28. The van der Waals surface area contributed by atoms with Gasteiger partial charge in [0, 0.05) is 44.2 Å². The van der Waals surface area contributed by atoms with Crippen molar-refractivity contribution in [3.05, 3.63) is 23.8 Å². The average molecular weight is 280 g/mol. The minimum absolute atomic E-state index is 0.377. The number of hydrogen-bond acceptors (Lipinski definition) is 5. The van der Waals surface area contributed by atoms with Crippen molar-refractivity contribution in [2.45, 2.75) is 6.10 Å². The van der Waals surface area contributed by atoms with Gasteiger partial charge >= 0.3 is 0 Å². The van der Waals surface area contributed by atoms with E-state index in [9.17, 15) is 9.90 Å². The van der Waals surface area contributed by atoms with Crippen LogP contribution < -0.4 is 10.2 Å². The van der Waals surface area contributed by atoms with Gasteiger partial charge in [-0.3, -0.25) is 4.79 Å². The number of hydrogen-bond donors (Lipinski definition) is 2. The molecule has 0 saturated heterocycles. The molecule has 1 atom stereocenters. The van der Waals surface area contributed by atoms with Crippen molar-refractivity contribution in [2.24, 2.45) is 0 Å². The monoisotopic (exact) mass is 280 g/mol. The molecule has 0 aliphatic carbocycles. The van der Waals surface area contributed by atoms with Crippen molar-refractivity contribution in [1.82, 2.24) is 0 Å². The second-order valence-electron chi connectivity index (χ2n) is 4.64. The Morgan fingerprint density at radius 2 is 1.90 bits per heavy atom. The summed E-state index contributed by atoms with van der Waals surface area (Å²) < 4.78 is 10.2. The summed E-state index contributed by atoms with van der Waals surface area (Å²) in [5.41, 5.74) is 2.25. The lowest BCUT2D eigenvalue weighted by Crippen LogP contribution is -2.30. The van der Waals surface area contributed by atoms with Crippen molar-refractivity contribution in [3.63, 3.8) is 0 Å². The number of nitrogens with one attached hydrogen (secondary N) is 1. The van der Waals surface area contributed by atoms with Crippen LogP contribution in [0.15, 0.2) is 18.2 Å². The molecule has 0 aromatic heterocycles. The van der Waals surface area contributed by atoms with Gasteiger partial charge in [0.2, 0.25) is 0 Å². The van der Waals surface area contributed by atoms with Gasteiger partial charge in [-0.25, -0.2) is 0 Å². The minimum atomic E-state index is -1.06. The summed E-state index contributed by atoms with van der Waals surface area (Å²) >= 11 is 0. The lowest BCUT2D eigenvalue weighted by Gasteiger charge is -2.24. The van der Waals surface area contributed by atoms with Gasteiger partial charge in [-0.1, -0.05) is 6.07 Å². The van der Waals surface area contributed by atoms with Gasteiger partial charge in [0.25, 0.3) is 5.91 Å². The molecule has 1 heterocycles. The first-order chi connectivity index (χ1) is 9.67. The first-order valence-corrected chi connectivity index (χ1v) is 6.53. The van der Waals surface area contributed by atoms with Gasteiger partial charge in [-0.2, -0.15) is 0 Å². The lowest BCUT2D eigenvalue weighted by atomic mass is 10.1. The quantitative estimate of drug-likeness (QED) is 0.772. The topological polar surface area (TPSA) is 71.0 Å². The van der Waals surface area contributed by atoms with Crippen LogP contribution in [0.25, 0.3) is 0 Å². The van der Waals surface area contributed by atoms with E-state index in [2.05, 4.69) is 10.2 Å². The number of fused-ring (bicyclic) bond motifs is 1. The Hall–Kier alpha value is -1.63. The predicted molar refractivity (Wildman–Crippen MR) is 76.0 cm³/mol. The first kappa shape index (κ1) is 14.8. The van der Waals surface area contributed by atoms with Crippen LogP contribution in [0, 0.1) is 0 Å². The predicted octanol–water partition coefficient (Wildman–Crippen LogP) is 0.771. The molecule has 20 heavy (non-hydrogen) atoms. The summed E-state index contributed by atoms with van der Waals surface area (Å²) in [6, 6.07) is 5.54. The maximum Gasteiger partial charge on any atom is 0.257 e. The van der Waals surface area contributed by atoms with E-state index in [1.807, 2.05) is 12.1 Å². The highest BCUT2D eigenvalue weighted by molar-refractivity contribution is 6.02. The Morgan fingerprint density at radius 3 is 2.50 bits per heavy atom. The van der Waals surface area contributed by atoms with E-state index >= 15 is 0 Å². The van der Waals surface area contributed by atoms with E-state index in [1.165, 1.54) is 0 Å².